The molecule has 0 saturated carbocycles. The zero-order chi connectivity index (χ0) is 16.9. The zero-order valence-corrected chi connectivity index (χ0v) is 14.1. The SMILES string of the molecule is N#Cc1cc(N[C@@H](CCO)C2CCOCC2)nc2ccc(Cl)cc12. The van der Waals surface area contributed by atoms with Crippen molar-refractivity contribution in [2.24, 2.45) is 5.92 Å². The number of ether oxygens (including phenoxy) is 1. The van der Waals surface area contributed by atoms with Crippen molar-refractivity contribution in [2.45, 2.75) is 25.3 Å². The normalized spacial score (nSPS) is 16.7. The fraction of sp³-hybridized carbons (Fsp3) is 0.444. The Morgan fingerprint density at radius 2 is 2.17 bits per heavy atom. The summed E-state index contributed by atoms with van der Waals surface area (Å²) in [6, 6.07) is 9.43. The molecule has 0 radical (unpaired) electrons. The van der Waals surface area contributed by atoms with Crippen molar-refractivity contribution < 1.29 is 9.84 Å². The summed E-state index contributed by atoms with van der Waals surface area (Å²) >= 11 is 6.02. The van der Waals surface area contributed by atoms with Gasteiger partial charge in [-0.05, 0) is 49.4 Å². The summed E-state index contributed by atoms with van der Waals surface area (Å²) in [6.45, 7) is 1.62. The van der Waals surface area contributed by atoms with Crippen molar-refractivity contribution >= 4 is 28.3 Å². The van der Waals surface area contributed by atoms with Crippen LogP contribution in [0.1, 0.15) is 24.8 Å². The molecule has 0 aliphatic carbocycles. The monoisotopic (exact) mass is 345 g/mol. The number of aromatic nitrogens is 1. The molecule has 1 fully saturated rings. The molecule has 1 aromatic carbocycles. The average Bonchev–Trinajstić information content (AvgIpc) is 2.61. The Morgan fingerprint density at radius 1 is 1.38 bits per heavy atom. The quantitative estimate of drug-likeness (QED) is 0.868. The summed E-state index contributed by atoms with van der Waals surface area (Å²) in [5.41, 5.74) is 1.27. The second-order valence-corrected chi connectivity index (χ2v) is 6.48. The molecule has 0 unspecified atom stereocenters. The van der Waals surface area contributed by atoms with Gasteiger partial charge >= 0.3 is 0 Å². The predicted octanol–water partition coefficient (Wildman–Crippen LogP) is 3.35. The summed E-state index contributed by atoms with van der Waals surface area (Å²) in [4.78, 5) is 4.61. The second-order valence-electron chi connectivity index (χ2n) is 6.04. The smallest absolute Gasteiger partial charge is 0.128 e. The van der Waals surface area contributed by atoms with E-state index in [0.29, 0.717) is 28.7 Å². The number of nitrogens with one attached hydrogen (secondary N) is 1. The lowest BCUT2D eigenvalue weighted by molar-refractivity contribution is 0.0577. The molecular formula is C18H20ClN3O2. The lowest BCUT2D eigenvalue weighted by atomic mass is 9.90. The number of pyridine rings is 1. The van der Waals surface area contributed by atoms with Crippen molar-refractivity contribution in [1.29, 1.82) is 5.26 Å². The van der Waals surface area contributed by atoms with Crippen LogP contribution in [-0.2, 0) is 4.74 Å². The van der Waals surface area contributed by atoms with Gasteiger partial charge in [-0.15, -0.1) is 0 Å². The van der Waals surface area contributed by atoms with Crippen LogP contribution >= 0.6 is 11.6 Å². The molecule has 0 amide bonds. The Balaban J connectivity index is 1.89. The number of benzene rings is 1. The Kier molecular flexibility index (Phi) is 5.52. The molecule has 1 saturated heterocycles. The van der Waals surface area contributed by atoms with Crippen molar-refractivity contribution in [1.82, 2.24) is 4.98 Å². The molecule has 126 valence electrons. The van der Waals surface area contributed by atoms with E-state index in [9.17, 15) is 10.4 Å². The van der Waals surface area contributed by atoms with E-state index >= 15 is 0 Å². The number of hydrogen-bond donors (Lipinski definition) is 2. The van der Waals surface area contributed by atoms with Crippen LogP contribution in [0.15, 0.2) is 24.3 Å². The van der Waals surface area contributed by atoms with Crippen LogP contribution in [0.25, 0.3) is 10.9 Å². The first kappa shape index (κ1) is 17.0. The third-order valence-corrected chi connectivity index (χ3v) is 4.73. The maximum atomic E-state index is 9.43. The van der Waals surface area contributed by atoms with E-state index in [-0.39, 0.29) is 12.6 Å². The molecule has 0 spiro atoms. The molecule has 3 rings (SSSR count). The zero-order valence-electron chi connectivity index (χ0n) is 13.3. The summed E-state index contributed by atoms with van der Waals surface area (Å²) in [5, 5.41) is 23.6. The van der Waals surface area contributed by atoms with Crippen molar-refractivity contribution in [3.05, 3.63) is 34.9 Å². The first-order valence-electron chi connectivity index (χ1n) is 8.17. The van der Waals surface area contributed by atoms with Crippen molar-refractivity contribution in [3.63, 3.8) is 0 Å². The van der Waals surface area contributed by atoms with Gasteiger partial charge in [0.25, 0.3) is 0 Å². The average molecular weight is 346 g/mol. The molecular weight excluding hydrogens is 326 g/mol. The summed E-state index contributed by atoms with van der Waals surface area (Å²) in [5.74, 6) is 1.09. The van der Waals surface area contributed by atoms with Crippen LogP contribution in [0, 0.1) is 17.2 Å². The van der Waals surface area contributed by atoms with Gasteiger partial charge in [0.15, 0.2) is 0 Å². The van der Waals surface area contributed by atoms with E-state index in [2.05, 4.69) is 16.4 Å². The van der Waals surface area contributed by atoms with Crippen LogP contribution in [0.5, 0.6) is 0 Å². The van der Waals surface area contributed by atoms with Gasteiger partial charge in [0.2, 0.25) is 0 Å². The number of nitrogens with zero attached hydrogens (tertiary/aromatic N) is 2. The molecule has 2 heterocycles. The lowest BCUT2D eigenvalue weighted by Gasteiger charge is -2.31. The van der Waals surface area contributed by atoms with Crippen LogP contribution in [0.3, 0.4) is 0 Å². The molecule has 0 bridgehead atoms. The van der Waals surface area contributed by atoms with E-state index in [1.54, 1.807) is 18.2 Å². The minimum atomic E-state index is 0.114. The summed E-state index contributed by atoms with van der Waals surface area (Å²) < 4.78 is 5.42. The number of hydrogen-bond acceptors (Lipinski definition) is 5. The number of aliphatic hydroxyl groups is 1. The molecule has 1 aromatic heterocycles. The predicted molar refractivity (Wildman–Crippen MR) is 94.1 cm³/mol. The largest absolute Gasteiger partial charge is 0.396 e. The highest BCUT2D eigenvalue weighted by molar-refractivity contribution is 6.31. The van der Waals surface area contributed by atoms with Gasteiger partial charge < -0.3 is 15.2 Å². The van der Waals surface area contributed by atoms with Crippen molar-refractivity contribution in [2.75, 3.05) is 25.1 Å². The van der Waals surface area contributed by atoms with Crippen LogP contribution in [-0.4, -0.2) is 36.0 Å². The first-order valence-corrected chi connectivity index (χ1v) is 8.54. The van der Waals surface area contributed by atoms with Crippen molar-refractivity contribution in [3.8, 4) is 6.07 Å². The number of halogens is 1. The van der Waals surface area contributed by atoms with Gasteiger partial charge in [-0.25, -0.2) is 4.98 Å². The van der Waals surface area contributed by atoms with E-state index in [1.807, 2.05) is 6.07 Å². The number of anilines is 1. The Bertz CT molecular complexity index is 754. The highest BCUT2D eigenvalue weighted by Crippen LogP contribution is 2.27. The molecule has 2 aromatic rings. The number of aliphatic hydroxyl groups excluding tert-OH is 1. The van der Waals surface area contributed by atoms with Gasteiger partial charge in [-0.1, -0.05) is 11.6 Å². The Labute approximate surface area is 146 Å². The van der Waals surface area contributed by atoms with E-state index < -0.39 is 0 Å². The molecule has 1 aliphatic rings. The summed E-state index contributed by atoms with van der Waals surface area (Å²) in [6.07, 6.45) is 2.57. The second kappa shape index (κ2) is 7.80. The van der Waals surface area contributed by atoms with Crippen LogP contribution < -0.4 is 5.32 Å². The molecule has 1 atom stereocenters. The number of fused-ring (bicyclic) bond motifs is 1. The van der Waals surface area contributed by atoms with Gasteiger partial charge in [-0.2, -0.15) is 5.26 Å². The fourth-order valence-corrected chi connectivity index (χ4v) is 3.41. The lowest BCUT2D eigenvalue weighted by Crippen LogP contribution is -2.34. The minimum absolute atomic E-state index is 0.114. The Morgan fingerprint density at radius 3 is 2.88 bits per heavy atom. The van der Waals surface area contributed by atoms with Gasteiger partial charge in [0.05, 0.1) is 17.1 Å². The van der Waals surface area contributed by atoms with Gasteiger partial charge in [-0.3, -0.25) is 0 Å². The highest BCUT2D eigenvalue weighted by atomic mass is 35.5. The number of nitriles is 1. The molecule has 24 heavy (non-hydrogen) atoms. The molecule has 2 N–H and O–H groups in total. The van der Waals surface area contributed by atoms with Gasteiger partial charge in [0.1, 0.15) is 5.82 Å². The maximum Gasteiger partial charge on any atom is 0.128 e. The molecule has 5 nitrogen and oxygen atoms in total. The van der Waals surface area contributed by atoms with E-state index in [1.165, 1.54) is 0 Å². The van der Waals surface area contributed by atoms with Gasteiger partial charge in [0, 0.05) is 36.3 Å². The maximum absolute atomic E-state index is 9.43. The van der Waals surface area contributed by atoms with E-state index in [4.69, 9.17) is 16.3 Å². The highest BCUT2D eigenvalue weighted by Gasteiger charge is 2.24. The topological polar surface area (TPSA) is 78.2 Å². The standard InChI is InChI=1S/C18H20ClN3O2/c19-14-1-2-17-15(10-14)13(11-20)9-18(22-17)21-16(3-6-23)12-4-7-24-8-5-12/h1-2,9-10,12,16,23H,3-8H2,(H,21,22)/t16-/m0/s1. The third-order valence-electron chi connectivity index (χ3n) is 4.50. The van der Waals surface area contributed by atoms with Crippen LogP contribution in [0.4, 0.5) is 5.82 Å². The van der Waals surface area contributed by atoms with E-state index in [0.717, 1.165) is 37.0 Å². The Hall–Kier alpha value is -1.87. The fourth-order valence-electron chi connectivity index (χ4n) is 3.24. The molecule has 1 aliphatic heterocycles. The number of rotatable bonds is 5. The van der Waals surface area contributed by atoms with Crippen LogP contribution in [0.2, 0.25) is 5.02 Å². The summed E-state index contributed by atoms with van der Waals surface area (Å²) in [7, 11) is 0. The third kappa shape index (κ3) is 3.78. The first-order chi connectivity index (χ1) is 11.7. The minimum Gasteiger partial charge on any atom is -0.396 e. The molecule has 6 heteroatoms.